The smallest absolute Gasteiger partial charge is 0.194 e. The number of rotatable bonds is 3. The van der Waals surface area contributed by atoms with Crippen LogP contribution in [0.25, 0.3) is 0 Å². The third kappa shape index (κ3) is 2.94. The van der Waals surface area contributed by atoms with Crippen molar-refractivity contribution in [2.24, 2.45) is 0 Å². The first-order valence-corrected chi connectivity index (χ1v) is 6.03. The molecule has 1 atom stereocenters. The first-order chi connectivity index (χ1) is 9.40. The molecule has 0 bridgehead atoms. The molecule has 0 aromatic heterocycles. The van der Waals surface area contributed by atoms with Crippen molar-refractivity contribution in [3.05, 3.63) is 69.8 Å². The molecule has 1 N–H and O–H groups in total. The van der Waals surface area contributed by atoms with Crippen molar-refractivity contribution in [2.45, 2.75) is 12.5 Å². The highest BCUT2D eigenvalue weighted by Crippen LogP contribution is 2.26. The van der Waals surface area contributed by atoms with Gasteiger partial charge in [0.2, 0.25) is 0 Å². The molecule has 0 spiro atoms. The molecule has 0 aliphatic heterocycles. The largest absolute Gasteiger partial charge is 0.388 e. The predicted octanol–water partition coefficient (Wildman–Crippen LogP) is 4.17. The summed E-state index contributed by atoms with van der Waals surface area (Å²) in [5, 5.41) is 10.0. The van der Waals surface area contributed by atoms with Crippen LogP contribution in [-0.2, 0) is 6.42 Å². The van der Waals surface area contributed by atoms with Crippen molar-refractivity contribution in [3.8, 4) is 0 Å². The number of halogens is 5. The van der Waals surface area contributed by atoms with E-state index < -0.39 is 34.9 Å². The Morgan fingerprint density at radius 2 is 1.65 bits per heavy atom. The molecule has 0 amide bonds. The average Bonchev–Trinajstić information content (AvgIpc) is 2.39. The maximum Gasteiger partial charge on any atom is 0.194 e. The summed E-state index contributed by atoms with van der Waals surface area (Å²) in [5.41, 5.74) is -0.343. The number of hydrogen-bond donors (Lipinski definition) is 1. The highest BCUT2D eigenvalue weighted by Gasteiger charge is 2.20. The second-order valence-corrected chi connectivity index (χ2v) is 4.66. The fourth-order valence-corrected chi connectivity index (χ4v) is 1.96. The Morgan fingerprint density at radius 3 is 2.30 bits per heavy atom. The van der Waals surface area contributed by atoms with Crippen LogP contribution in [0.3, 0.4) is 0 Å². The second kappa shape index (κ2) is 5.81. The normalized spacial score (nSPS) is 12.5. The first-order valence-electron chi connectivity index (χ1n) is 5.65. The lowest BCUT2D eigenvalue weighted by molar-refractivity contribution is 0.170. The average molecular weight is 305 g/mol. The summed E-state index contributed by atoms with van der Waals surface area (Å²) in [7, 11) is 0. The maximum absolute atomic E-state index is 13.5. The third-order valence-electron chi connectivity index (χ3n) is 2.85. The van der Waals surface area contributed by atoms with E-state index in [1.807, 2.05) is 0 Å². The minimum absolute atomic E-state index is 0.0889. The minimum Gasteiger partial charge on any atom is -0.388 e. The molecule has 2 aromatic carbocycles. The van der Waals surface area contributed by atoms with Crippen LogP contribution in [0.4, 0.5) is 17.6 Å². The molecule has 0 radical (unpaired) electrons. The molecule has 0 saturated carbocycles. The van der Waals surface area contributed by atoms with Gasteiger partial charge in [-0.15, -0.1) is 0 Å². The highest BCUT2D eigenvalue weighted by atomic mass is 35.5. The van der Waals surface area contributed by atoms with Crippen LogP contribution in [0, 0.1) is 23.3 Å². The van der Waals surface area contributed by atoms with Crippen molar-refractivity contribution in [3.63, 3.8) is 0 Å². The first kappa shape index (κ1) is 14.8. The van der Waals surface area contributed by atoms with Gasteiger partial charge in [-0.05, 0) is 23.8 Å². The van der Waals surface area contributed by atoms with Gasteiger partial charge in [-0.2, -0.15) is 0 Å². The van der Waals surface area contributed by atoms with Crippen molar-refractivity contribution in [2.75, 3.05) is 0 Å². The highest BCUT2D eigenvalue weighted by molar-refractivity contribution is 6.30. The molecule has 0 fully saturated rings. The predicted molar refractivity (Wildman–Crippen MR) is 66.4 cm³/mol. The van der Waals surface area contributed by atoms with Gasteiger partial charge in [0.15, 0.2) is 17.5 Å². The summed E-state index contributed by atoms with van der Waals surface area (Å²) < 4.78 is 52.9. The Hall–Kier alpha value is -1.59. The van der Waals surface area contributed by atoms with Crippen LogP contribution in [0.5, 0.6) is 0 Å². The van der Waals surface area contributed by atoms with E-state index >= 15 is 0 Å². The monoisotopic (exact) mass is 304 g/mol. The van der Waals surface area contributed by atoms with Gasteiger partial charge in [0.25, 0.3) is 0 Å². The van der Waals surface area contributed by atoms with E-state index in [2.05, 4.69) is 0 Å². The van der Waals surface area contributed by atoms with E-state index in [0.717, 1.165) is 12.1 Å². The van der Waals surface area contributed by atoms with E-state index in [4.69, 9.17) is 11.6 Å². The van der Waals surface area contributed by atoms with Crippen LogP contribution in [0.15, 0.2) is 30.3 Å². The zero-order chi connectivity index (χ0) is 14.9. The molecule has 1 nitrogen and oxygen atoms in total. The Morgan fingerprint density at radius 1 is 0.950 bits per heavy atom. The summed E-state index contributed by atoms with van der Waals surface area (Å²) in [6.45, 7) is 0. The van der Waals surface area contributed by atoms with Crippen molar-refractivity contribution in [1.82, 2.24) is 0 Å². The van der Waals surface area contributed by atoms with Gasteiger partial charge in [0.1, 0.15) is 5.82 Å². The fraction of sp³-hybridized carbons (Fsp3) is 0.143. The molecule has 1 unspecified atom stereocenters. The zero-order valence-corrected chi connectivity index (χ0v) is 10.8. The van der Waals surface area contributed by atoms with E-state index in [9.17, 15) is 22.7 Å². The van der Waals surface area contributed by atoms with Gasteiger partial charge >= 0.3 is 0 Å². The van der Waals surface area contributed by atoms with E-state index in [0.29, 0.717) is 6.07 Å². The molecular weight excluding hydrogens is 296 g/mol. The number of hydrogen-bond acceptors (Lipinski definition) is 1. The summed E-state index contributed by atoms with van der Waals surface area (Å²) in [6, 6.07) is 5.42. The fourth-order valence-electron chi connectivity index (χ4n) is 1.80. The Bertz CT molecular complexity index is 645. The van der Waals surface area contributed by atoms with E-state index in [1.54, 1.807) is 0 Å². The number of aliphatic hydroxyl groups excluding tert-OH is 1. The summed E-state index contributed by atoms with van der Waals surface area (Å²) >= 11 is 5.58. The topological polar surface area (TPSA) is 20.2 Å². The zero-order valence-electron chi connectivity index (χ0n) is 10.0. The van der Waals surface area contributed by atoms with Gasteiger partial charge < -0.3 is 5.11 Å². The van der Waals surface area contributed by atoms with Gasteiger partial charge in [-0.25, -0.2) is 17.6 Å². The molecule has 6 heteroatoms. The lowest BCUT2D eigenvalue weighted by Gasteiger charge is -2.13. The Labute approximate surface area is 117 Å². The molecule has 2 rings (SSSR count). The van der Waals surface area contributed by atoms with E-state index in [1.165, 1.54) is 12.1 Å². The number of benzene rings is 2. The molecule has 106 valence electrons. The van der Waals surface area contributed by atoms with Crippen LogP contribution in [0.1, 0.15) is 17.2 Å². The van der Waals surface area contributed by atoms with Crippen molar-refractivity contribution < 1.29 is 22.7 Å². The van der Waals surface area contributed by atoms with Crippen molar-refractivity contribution >= 4 is 11.6 Å². The Balaban J connectivity index is 2.28. The number of aliphatic hydroxyl groups is 1. The van der Waals surface area contributed by atoms with Crippen LogP contribution in [0.2, 0.25) is 5.02 Å². The van der Waals surface area contributed by atoms with E-state index in [-0.39, 0.29) is 17.0 Å². The molecule has 0 aliphatic carbocycles. The molecule has 2 aromatic rings. The van der Waals surface area contributed by atoms with Gasteiger partial charge in [0, 0.05) is 17.0 Å². The summed E-state index contributed by atoms with van der Waals surface area (Å²) in [4.78, 5) is 0. The minimum atomic E-state index is -1.67. The SMILES string of the molecule is OC(Cc1ccc(Cl)cc1F)c1ccc(F)c(F)c1F. The van der Waals surface area contributed by atoms with Crippen molar-refractivity contribution in [1.29, 1.82) is 0 Å². The maximum atomic E-state index is 13.5. The molecule has 0 heterocycles. The lowest BCUT2D eigenvalue weighted by Crippen LogP contribution is -2.08. The standard InChI is InChI=1S/C14H9ClF4O/c15-8-2-1-7(11(17)6-8)5-12(20)9-3-4-10(16)14(19)13(9)18/h1-4,6,12,20H,5H2. The van der Waals surface area contributed by atoms with Crippen LogP contribution < -0.4 is 0 Å². The van der Waals surface area contributed by atoms with Crippen LogP contribution >= 0.6 is 11.6 Å². The molecule has 0 aliphatic rings. The second-order valence-electron chi connectivity index (χ2n) is 4.22. The van der Waals surface area contributed by atoms with Gasteiger partial charge in [-0.1, -0.05) is 23.7 Å². The molecule has 20 heavy (non-hydrogen) atoms. The third-order valence-corrected chi connectivity index (χ3v) is 3.09. The Kier molecular flexibility index (Phi) is 4.30. The summed E-state index contributed by atoms with van der Waals surface area (Å²) in [5.74, 6) is -5.17. The molecule has 0 saturated heterocycles. The molecular formula is C14H9ClF4O. The van der Waals surface area contributed by atoms with Gasteiger partial charge in [-0.3, -0.25) is 0 Å². The summed E-state index contributed by atoms with van der Waals surface area (Å²) in [6.07, 6.45) is -1.79. The van der Waals surface area contributed by atoms with Crippen LogP contribution in [-0.4, -0.2) is 5.11 Å². The van der Waals surface area contributed by atoms with Gasteiger partial charge in [0.05, 0.1) is 6.10 Å². The lowest BCUT2D eigenvalue weighted by atomic mass is 10.0. The quantitative estimate of drug-likeness (QED) is 0.666.